The van der Waals surface area contributed by atoms with Crippen molar-refractivity contribution in [2.24, 2.45) is 28.1 Å². The quantitative estimate of drug-likeness (QED) is 0.643. The molecule has 6 heteroatoms. The van der Waals surface area contributed by atoms with Gasteiger partial charge in [-0.15, -0.1) is 0 Å². The van der Waals surface area contributed by atoms with Gasteiger partial charge in [0.15, 0.2) is 5.78 Å². The number of fused-ring (bicyclic) bond motifs is 3. The fraction of sp³-hybridized carbons (Fsp3) is 0.810. The van der Waals surface area contributed by atoms with Crippen molar-refractivity contribution in [1.82, 2.24) is 0 Å². The zero-order valence-electron chi connectivity index (χ0n) is 16.6. The third kappa shape index (κ3) is 2.97. The topological polar surface area (TPSA) is 104 Å². The first kappa shape index (κ1) is 20.5. The average Bonchev–Trinajstić information content (AvgIpc) is 2.85. The molecule has 0 aromatic carbocycles. The highest BCUT2D eigenvalue weighted by Crippen LogP contribution is 2.64. The molecule has 2 fully saturated rings. The maximum atomic E-state index is 12.7. The number of aliphatic hydroxyl groups is 3. The molecule has 0 saturated heterocycles. The van der Waals surface area contributed by atoms with Crippen molar-refractivity contribution < 1.29 is 29.6 Å². The van der Waals surface area contributed by atoms with E-state index in [2.05, 4.69) is 0 Å². The molecule has 0 aliphatic heterocycles. The number of esters is 1. The highest BCUT2D eigenvalue weighted by Gasteiger charge is 2.68. The number of ketones is 1. The van der Waals surface area contributed by atoms with Crippen LogP contribution in [-0.2, 0) is 14.3 Å². The lowest BCUT2D eigenvalue weighted by Gasteiger charge is -2.58. The van der Waals surface area contributed by atoms with E-state index in [1.54, 1.807) is 26.8 Å². The summed E-state index contributed by atoms with van der Waals surface area (Å²) < 4.78 is 5.89. The summed E-state index contributed by atoms with van der Waals surface area (Å²) in [6.07, 6.45) is 2.40. The van der Waals surface area contributed by atoms with Crippen molar-refractivity contribution in [3.8, 4) is 0 Å². The van der Waals surface area contributed by atoms with Gasteiger partial charge in [0, 0.05) is 18.8 Å². The molecular weight excluding hydrogens is 348 g/mol. The normalized spacial score (nSPS) is 44.0. The maximum Gasteiger partial charge on any atom is 0.311 e. The van der Waals surface area contributed by atoms with Gasteiger partial charge in [0.25, 0.3) is 0 Å². The maximum absolute atomic E-state index is 12.7. The van der Waals surface area contributed by atoms with E-state index in [1.165, 1.54) is 0 Å². The van der Waals surface area contributed by atoms with Crippen molar-refractivity contribution in [3.63, 3.8) is 0 Å². The van der Waals surface area contributed by atoms with Crippen LogP contribution in [0.25, 0.3) is 0 Å². The van der Waals surface area contributed by atoms with Crippen LogP contribution in [0, 0.1) is 28.1 Å². The van der Waals surface area contributed by atoms with Crippen molar-refractivity contribution >= 4 is 11.8 Å². The third-order valence-corrected chi connectivity index (χ3v) is 7.26. The van der Waals surface area contributed by atoms with Crippen LogP contribution in [0.4, 0.5) is 0 Å². The molecule has 0 heterocycles. The van der Waals surface area contributed by atoms with Crippen molar-refractivity contribution in [3.05, 3.63) is 12.2 Å². The lowest BCUT2D eigenvalue weighted by Crippen LogP contribution is -2.62. The van der Waals surface area contributed by atoms with Crippen LogP contribution in [0.2, 0.25) is 0 Å². The van der Waals surface area contributed by atoms with Gasteiger partial charge in [0.2, 0.25) is 0 Å². The monoisotopic (exact) mass is 380 g/mol. The summed E-state index contributed by atoms with van der Waals surface area (Å²) in [5, 5.41) is 32.0. The summed E-state index contributed by atoms with van der Waals surface area (Å²) in [5.74, 6) is -0.994. The number of aliphatic hydroxyl groups excluding tert-OH is 3. The van der Waals surface area contributed by atoms with Crippen LogP contribution in [0.3, 0.4) is 0 Å². The molecule has 0 amide bonds. The average molecular weight is 380 g/mol. The summed E-state index contributed by atoms with van der Waals surface area (Å²) >= 11 is 0. The van der Waals surface area contributed by atoms with Crippen LogP contribution < -0.4 is 0 Å². The van der Waals surface area contributed by atoms with E-state index in [1.807, 2.05) is 13.0 Å². The Kier molecular flexibility index (Phi) is 5.07. The molecule has 27 heavy (non-hydrogen) atoms. The van der Waals surface area contributed by atoms with Gasteiger partial charge in [-0.3, -0.25) is 9.59 Å². The number of hydrogen-bond acceptors (Lipinski definition) is 6. The van der Waals surface area contributed by atoms with Crippen LogP contribution in [0.5, 0.6) is 0 Å². The summed E-state index contributed by atoms with van der Waals surface area (Å²) in [5.41, 5.74) is -2.29. The Morgan fingerprint density at radius 2 is 2.00 bits per heavy atom. The summed E-state index contributed by atoms with van der Waals surface area (Å²) in [6.45, 7) is 6.90. The fourth-order valence-electron chi connectivity index (χ4n) is 5.66. The minimum Gasteiger partial charge on any atom is -0.461 e. The van der Waals surface area contributed by atoms with Crippen LogP contribution >= 0.6 is 0 Å². The molecule has 3 aliphatic rings. The molecule has 0 radical (unpaired) electrons. The molecule has 7 atom stereocenters. The minimum absolute atomic E-state index is 0.0264. The minimum atomic E-state index is -1.12. The van der Waals surface area contributed by atoms with E-state index in [-0.39, 0.29) is 24.7 Å². The van der Waals surface area contributed by atoms with Gasteiger partial charge < -0.3 is 20.1 Å². The van der Waals surface area contributed by atoms with Gasteiger partial charge >= 0.3 is 5.97 Å². The van der Waals surface area contributed by atoms with E-state index < -0.39 is 46.4 Å². The third-order valence-electron chi connectivity index (χ3n) is 7.26. The Hall–Kier alpha value is -1.24. The number of carbonyl (C=O) groups is 2. The summed E-state index contributed by atoms with van der Waals surface area (Å²) in [7, 11) is 0. The van der Waals surface area contributed by atoms with E-state index >= 15 is 0 Å². The van der Waals surface area contributed by atoms with Crippen LogP contribution in [0.15, 0.2) is 12.2 Å². The van der Waals surface area contributed by atoms with Crippen LogP contribution in [-0.4, -0.2) is 52.0 Å². The predicted molar refractivity (Wildman–Crippen MR) is 98.6 cm³/mol. The Balaban J connectivity index is 2.10. The van der Waals surface area contributed by atoms with Crippen molar-refractivity contribution in [1.29, 1.82) is 0 Å². The van der Waals surface area contributed by atoms with Gasteiger partial charge in [-0.05, 0) is 51.0 Å². The SMILES string of the molecule is CC[C@@]12CC(=O)C=C[C@@H]1[C@H]1[C@@H](O)C[C@H](O)[C@]1(CO)[C@H](OC(=O)C(C)(C)C)C2. The number of carbonyl (C=O) groups excluding carboxylic acids is 2. The van der Waals surface area contributed by atoms with E-state index in [0.717, 1.165) is 0 Å². The first-order valence-corrected chi connectivity index (χ1v) is 9.91. The van der Waals surface area contributed by atoms with Crippen molar-refractivity contribution in [2.45, 2.75) is 71.7 Å². The molecule has 0 spiro atoms. The fourth-order valence-corrected chi connectivity index (χ4v) is 5.66. The smallest absolute Gasteiger partial charge is 0.311 e. The zero-order valence-corrected chi connectivity index (χ0v) is 16.6. The van der Waals surface area contributed by atoms with E-state index in [9.17, 15) is 24.9 Å². The molecule has 0 unspecified atom stereocenters. The zero-order chi connectivity index (χ0) is 20.2. The highest BCUT2D eigenvalue weighted by atomic mass is 16.5. The molecule has 152 valence electrons. The van der Waals surface area contributed by atoms with Crippen molar-refractivity contribution in [2.75, 3.05) is 6.61 Å². The summed E-state index contributed by atoms with van der Waals surface area (Å²) in [6, 6.07) is 0. The first-order valence-electron chi connectivity index (χ1n) is 9.91. The Morgan fingerprint density at radius 1 is 1.33 bits per heavy atom. The van der Waals surface area contributed by atoms with Gasteiger partial charge in [0.05, 0.1) is 29.6 Å². The Bertz CT molecular complexity index is 650. The Labute approximate surface area is 160 Å². The molecule has 0 aromatic heterocycles. The second-order valence-corrected chi connectivity index (χ2v) is 9.71. The molecule has 3 aliphatic carbocycles. The second-order valence-electron chi connectivity index (χ2n) is 9.71. The number of allylic oxidation sites excluding steroid dienone is 2. The summed E-state index contributed by atoms with van der Waals surface area (Å²) in [4.78, 5) is 24.9. The van der Waals surface area contributed by atoms with Gasteiger partial charge in [0.1, 0.15) is 6.10 Å². The number of hydrogen-bond donors (Lipinski definition) is 3. The first-order chi connectivity index (χ1) is 12.5. The molecular formula is C21H32O6. The van der Waals surface area contributed by atoms with Gasteiger partial charge in [-0.25, -0.2) is 0 Å². The highest BCUT2D eigenvalue weighted by molar-refractivity contribution is 5.91. The molecule has 0 aromatic rings. The number of rotatable bonds is 3. The molecule has 0 bridgehead atoms. The van der Waals surface area contributed by atoms with Gasteiger partial charge in [-0.2, -0.15) is 0 Å². The van der Waals surface area contributed by atoms with E-state index in [4.69, 9.17) is 4.74 Å². The second kappa shape index (κ2) is 6.68. The lowest BCUT2D eigenvalue weighted by atomic mass is 9.48. The molecule has 3 N–H and O–H groups in total. The van der Waals surface area contributed by atoms with Crippen LogP contribution in [0.1, 0.15) is 53.4 Å². The molecule has 6 nitrogen and oxygen atoms in total. The Morgan fingerprint density at radius 3 is 2.56 bits per heavy atom. The lowest BCUT2D eigenvalue weighted by molar-refractivity contribution is -0.211. The molecule has 2 saturated carbocycles. The van der Waals surface area contributed by atoms with E-state index in [0.29, 0.717) is 19.3 Å². The predicted octanol–water partition coefficient (Wildman–Crippen LogP) is 1.61. The number of ether oxygens (including phenoxy) is 1. The van der Waals surface area contributed by atoms with Gasteiger partial charge in [-0.1, -0.05) is 13.0 Å². The molecule has 3 rings (SSSR count). The largest absolute Gasteiger partial charge is 0.461 e. The standard InChI is InChI=1S/C21H32O6/c1-5-20-9-12(23)6-7-13(20)17-14(24)8-15(25)21(17,11-22)16(10-20)27-18(26)19(2,3)4/h6-7,13-17,22,24-25H,5,8-11H2,1-4H3/t13-,14+,15+,16-,17+,20+,21-/m1/s1.